The van der Waals surface area contributed by atoms with Crippen LogP contribution in [0.15, 0.2) is 0 Å². The smallest absolute Gasteiger partial charge is 0.203 e. The lowest BCUT2D eigenvalue weighted by molar-refractivity contribution is -0.428. The van der Waals surface area contributed by atoms with Crippen LogP contribution >= 0.6 is 0 Å². The average molecular weight is 414 g/mol. The predicted molar refractivity (Wildman–Crippen MR) is 55.2 cm³/mol. The Kier molecular flexibility index (Phi) is 5.52. The van der Waals surface area contributed by atoms with E-state index in [0.717, 1.165) is 0 Å². The van der Waals surface area contributed by atoms with Gasteiger partial charge in [-0.3, -0.25) is 0 Å². The van der Waals surface area contributed by atoms with Gasteiger partial charge in [-0.25, -0.2) is 22.0 Å². The van der Waals surface area contributed by atoms with Gasteiger partial charge in [-0.15, -0.1) is 0 Å². The van der Waals surface area contributed by atoms with E-state index in [0.29, 0.717) is 0 Å². The molecule has 0 aromatic heterocycles. The van der Waals surface area contributed by atoms with E-state index >= 15 is 0 Å². The van der Waals surface area contributed by atoms with E-state index in [4.69, 9.17) is 0 Å². The van der Waals surface area contributed by atoms with Crippen LogP contribution in [-0.4, -0.2) is 18.5 Å². The molecule has 26 heavy (non-hydrogen) atoms. The van der Waals surface area contributed by atoms with Crippen molar-refractivity contribution in [2.24, 2.45) is 5.41 Å². The number of rotatable bonds is 3. The van der Waals surface area contributed by atoms with Gasteiger partial charge in [0.2, 0.25) is 5.82 Å². The predicted octanol–water partition coefficient (Wildman–Crippen LogP) is 5.99. The highest BCUT2D eigenvalue weighted by Crippen LogP contribution is 2.61. The van der Waals surface area contributed by atoms with Gasteiger partial charge in [0.25, 0.3) is 5.41 Å². The molecule has 14 heteroatoms. The molecule has 1 aromatic rings. The maximum Gasteiger partial charge on any atom is 0.412 e. The Balaban J connectivity index is 3.56. The second-order valence-electron chi connectivity index (χ2n) is 4.95. The summed E-state index contributed by atoms with van der Waals surface area (Å²) in [5, 5.41) is 0. The zero-order valence-corrected chi connectivity index (χ0v) is 11.7. The molecule has 0 bridgehead atoms. The van der Waals surface area contributed by atoms with Gasteiger partial charge in [0.05, 0.1) is 0 Å². The summed E-state index contributed by atoms with van der Waals surface area (Å²) in [6.07, 6.45) is -26.5. The quantitative estimate of drug-likeness (QED) is 0.324. The van der Waals surface area contributed by atoms with Crippen LogP contribution < -0.4 is 0 Å². The van der Waals surface area contributed by atoms with Crippen molar-refractivity contribution in [2.75, 3.05) is 0 Å². The van der Waals surface area contributed by atoms with Gasteiger partial charge < -0.3 is 0 Å². The molecule has 150 valence electrons. The minimum Gasteiger partial charge on any atom is -0.203 e. The third-order valence-corrected chi connectivity index (χ3v) is 3.50. The molecule has 1 rings (SSSR count). The van der Waals surface area contributed by atoms with Crippen LogP contribution in [0, 0.1) is 34.5 Å². The maximum absolute atomic E-state index is 13.3. The first kappa shape index (κ1) is 22.3. The molecule has 0 nitrogen and oxygen atoms in total. The fourth-order valence-electron chi connectivity index (χ4n) is 2.09. The summed E-state index contributed by atoms with van der Waals surface area (Å²) < 4.78 is 179. The largest absolute Gasteiger partial charge is 0.412 e. The monoisotopic (exact) mass is 414 g/mol. The number of hydrogen-bond acceptors (Lipinski definition) is 0. The van der Waals surface area contributed by atoms with E-state index in [1.165, 1.54) is 0 Å². The van der Waals surface area contributed by atoms with Crippen molar-refractivity contribution in [1.29, 1.82) is 0 Å². The second kappa shape index (κ2) is 6.44. The van der Waals surface area contributed by atoms with Crippen LogP contribution in [-0.2, 0) is 6.42 Å². The van der Waals surface area contributed by atoms with Crippen molar-refractivity contribution in [3.63, 3.8) is 0 Å². The lowest BCUT2D eigenvalue weighted by Crippen LogP contribution is -2.59. The summed E-state index contributed by atoms with van der Waals surface area (Å²) in [6.45, 7) is 0. The normalized spacial score (nSPS) is 14.1. The Morgan fingerprint density at radius 1 is 0.462 bits per heavy atom. The maximum atomic E-state index is 13.3. The topological polar surface area (TPSA) is 0 Å². The van der Waals surface area contributed by atoms with Crippen LogP contribution in [0.3, 0.4) is 0 Å². The molecule has 0 aliphatic carbocycles. The van der Waals surface area contributed by atoms with Crippen molar-refractivity contribution < 1.29 is 61.5 Å². The number of halogens is 14. The Morgan fingerprint density at radius 2 is 0.731 bits per heavy atom. The molecule has 0 fully saturated rings. The molecule has 0 aliphatic heterocycles. The first-order valence-corrected chi connectivity index (χ1v) is 6.10. The van der Waals surface area contributed by atoms with Gasteiger partial charge in [0, 0.05) is 5.56 Å². The standard InChI is InChI=1S/C12H4F14/c13-4-3(5(14)7(16)8(17)6(4)15)1-2-9(10(18,19)20,11(21,22)23)12(24,25)26/h1-2H2. The van der Waals surface area contributed by atoms with Crippen molar-refractivity contribution in [2.45, 2.75) is 31.4 Å². The van der Waals surface area contributed by atoms with E-state index in [9.17, 15) is 61.5 Å². The van der Waals surface area contributed by atoms with E-state index in [1.807, 2.05) is 0 Å². The minimum absolute atomic E-state index is 2.23. The van der Waals surface area contributed by atoms with Crippen LogP contribution in [0.25, 0.3) is 0 Å². The summed E-state index contributed by atoms with van der Waals surface area (Å²) >= 11 is 0. The Bertz CT molecular complexity index is 612. The molecule has 0 amide bonds. The number of hydrogen-bond donors (Lipinski definition) is 0. The molecule has 0 unspecified atom stereocenters. The molecule has 0 saturated heterocycles. The summed E-state index contributed by atoms with van der Waals surface area (Å²) in [4.78, 5) is 0. The van der Waals surface area contributed by atoms with Gasteiger partial charge in [-0.1, -0.05) is 0 Å². The third kappa shape index (κ3) is 3.29. The fourth-order valence-corrected chi connectivity index (χ4v) is 2.09. The highest BCUT2D eigenvalue weighted by Gasteiger charge is 2.82. The highest BCUT2D eigenvalue weighted by molar-refractivity contribution is 5.24. The van der Waals surface area contributed by atoms with Crippen LogP contribution in [0.1, 0.15) is 12.0 Å². The fraction of sp³-hybridized carbons (Fsp3) is 0.500. The molecule has 0 saturated carbocycles. The van der Waals surface area contributed by atoms with Gasteiger partial charge in [-0.2, -0.15) is 39.5 Å². The van der Waals surface area contributed by atoms with Crippen molar-refractivity contribution in [3.8, 4) is 0 Å². The Morgan fingerprint density at radius 3 is 1.00 bits per heavy atom. The molecule has 0 atom stereocenters. The third-order valence-electron chi connectivity index (χ3n) is 3.50. The molecule has 0 radical (unpaired) electrons. The minimum atomic E-state index is -7.02. The average Bonchev–Trinajstić information content (AvgIpc) is 2.42. The number of alkyl halides is 9. The first-order valence-electron chi connectivity index (χ1n) is 6.10. The Labute approximate surface area is 134 Å². The molecule has 1 aromatic carbocycles. The molecular formula is C12H4F14. The second-order valence-corrected chi connectivity index (χ2v) is 4.95. The van der Waals surface area contributed by atoms with Crippen molar-refractivity contribution >= 4 is 0 Å². The van der Waals surface area contributed by atoms with E-state index in [1.54, 1.807) is 0 Å². The van der Waals surface area contributed by atoms with Gasteiger partial charge in [0.15, 0.2) is 23.3 Å². The van der Waals surface area contributed by atoms with Crippen LogP contribution in [0.4, 0.5) is 61.5 Å². The summed E-state index contributed by atoms with van der Waals surface area (Å²) in [5.74, 6) is -13.9. The molecular weight excluding hydrogens is 410 g/mol. The van der Waals surface area contributed by atoms with E-state index < -0.39 is 71.4 Å². The lowest BCUT2D eigenvalue weighted by atomic mass is 9.79. The zero-order valence-electron chi connectivity index (χ0n) is 11.7. The SMILES string of the molecule is Fc1c(F)c(F)c(CCC(C(F)(F)F)(C(F)(F)F)C(F)(F)F)c(F)c1F. The van der Waals surface area contributed by atoms with Crippen LogP contribution in [0.5, 0.6) is 0 Å². The molecule has 0 aliphatic rings. The lowest BCUT2D eigenvalue weighted by Gasteiger charge is -2.38. The zero-order chi connectivity index (χ0) is 20.9. The molecule has 0 spiro atoms. The number of benzene rings is 1. The highest BCUT2D eigenvalue weighted by atomic mass is 19.4. The molecule has 0 N–H and O–H groups in total. The van der Waals surface area contributed by atoms with E-state index in [-0.39, 0.29) is 0 Å². The van der Waals surface area contributed by atoms with Crippen molar-refractivity contribution in [1.82, 2.24) is 0 Å². The van der Waals surface area contributed by atoms with Gasteiger partial charge >= 0.3 is 18.5 Å². The van der Waals surface area contributed by atoms with E-state index in [2.05, 4.69) is 0 Å². The van der Waals surface area contributed by atoms with Gasteiger partial charge in [-0.05, 0) is 12.8 Å². The Hall–Kier alpha value is -1.76. The summed E-state index contributed by atoms with van der Waals surface area (Å²) in [6, 6.07) is 0. The first-order chi connectivity index (χ1) is 11.4. The van der Waals surface area contributed by atoms with Crippen LogP contribution in [0.2, 0.25) is 0 Å². The summed E-state index contributed by atoms with van der Waals surface area (Å²) in [5.41, 5.74) is -8.67. The summed E-state index contributed by atoms with van der Waals surface area (Å²) in [7, 11) is 0. The van der Waals surface area contributed by atoms with Crippen molar-refractivity contribution in [3.05, 3.63) is 34.6 Å². The van der Waals surface area contributed by atoms with Gasteiger partial charge in [0.1, 0.15) is 0 Å². The molecule has 0 heterocycles.